The fourth-order valence-corrected chi connectivity index (χ4v) is 2.13. The van der Waals surface area contributed by atoms with E-state index in [9.17, 15) is 18.0 Å². The molecule has 110 valence electrons. The first-order valence-corrected chi connectivity index (χ1v) is 6.53. The Balaban J connectivity index is 2.00. The molecule has 0 bridgehead atoms. The summed E-state index contributed by atoms with van der Waals surface area (Å²) in [6, 6.07) is 7.82. The number of nitrogens with zero attached hydrogens (tertiary/aromatic N) is 1. The molecule has 0 saturated heterocycles. The van der Waals surface area contributed by atoms with Gasteiger partial charge in [-0.25, -0.2) is 0 Å². The summed E-state index contributed by atoms with van der Waals surface area (Å²) in [6.45, 7) is -1.21. The van der Waals surface area contributed by atoms with Gasteiger partial charge in [-0.1, -0.05) is 30.3 Å². The second-order valence-corrected chi connectivity index (χ2v) is 5.11. The van der Waals surface area contributed by atoms with Gasteiger partial charge in [-0.3, -0.25) is 4.79 Å². The Labute approximate surface area is 115 Å². The topological polar surface area (TPSA) is 46.3 Å². The van der Waals surface area contributed by atoms with Crippen LogP contribution in [0.3, 0.4) is 0 Å². The van der Waals surface area contributed by atoms with Crippen molar-refractivity contribution in [2.24, 2.45) is 5.73 Å². The number of alkyl halides is 3. The molecule has 3 nitrogen and oxygen atoms in total. The molecule has 1 aromatic rings. The lowest BCUT2D eigenvalue weighted by atomic mass is 10.1. The summed E-state index contributed by atoms with van der Waals surface area (Å²) in [6.07, 6.45) is -2.88. The molecule has 0 aromatic heterocycles. The van der Waals surface area contributed by atoms with Gasteiger partial charge in [0.15, 0.2) is 0 Å². The maximum atomic E-state index is 12.5. The molecule has 0 aliphatic heterocycles. The molecule has 1 aromatic carbocycles. The summed E-state index contributed by atoms with van der Waals surface area (Å²) in [4.78, 5) is 13.0. The van der Waals surface area contributed by atoms with Crippen molar-refractivity contribution in [3.05, 3.63) is 35.9 Å². The molecular weight excluding hydrogens is 269 g/mol. The van der Waals surface area contributed by atoms with Crippen LogP contribution in [0.5, 0.6) is 0 Å². The van der Waals surface area contributed by atoms with Gasteiger partial charge < -0.3 is 10.6 Å². The van der Waals surface area contributed by atoms with Crippen LogP contribution < -0.4 is 5.73 Å². The third-order valence-electron chi connectivity index (χ3n) is 3.24. The lowest BCUT2D eigenvalue weighted by molar-refractivity contribution is -0.163. The van der Waals surface area contributed by atoms with Crippen molar-refractivity contribution in [3.63, 3.8) is 0 Å². The third kappa shape index (κ3) is 4.23. The van der Waals surface area contributed by atoms with Crippen LogP contribution >= 0.6 is 0 Å². The molecule has 1 fully saturated rings. The molecule has 0 spiro atoms. The Hall–Kier alpha value is -1.56. The van der Waals surface area contributed by atoms with Gasteiger partial charge in [0, 0.05) is 6.04 Å². The molecule has 1 saturated carbocycles. The number of hydrogen-bond donors (Lipinski definition) is 1. The normalized spacial score (nSPS) is 16.8. The van der Waals surface area contributed by atoms with Gasteiger partial charge >= 0.3 is 6.18 Å². The Morgan fingerprint density at radius 1 is 1.30 bits per heavy atom. The van der Waals surface area contributed by atoms with E-state index in [-0.39, 0.29) is 12.5 Å². The van der Waals surface area contributed by atoms with Crippen molar-refractivity contribution < 1.29 is 18.0 Å². The van der Waals surface area contributed by atoms with E-state index in [0.29, 0.717) is 12.8 Å². The number of carbonyl (C=O) groups is 1. The second-order valence-electron chi connectivity index (χ2n) is 5.11. The average Bonchev–Trinajstić information content (AvgIpc) is 3.19. The Morgan fingerprint density at radius 2 is 1.90 bits per heavy atom. The van der Waals surface area contributed by atoms with Crippen LogP contribution in [-0.2, 0) is 11.2 Å². The number of benzene rings is 1. The smallest absolute Gasteiger partial charge is 0.329 e. The lowest BCUT2D eigenvalue weighted by Gasteiger charge is -2.26. The van der Waals surface area contributed by atoms with Crippen LogP contribution in [0.15, 0.2) is 30.3 Å². The number of rotatable bonds is 5. The molecule has 1 unspecified atom stereocenters. The van der Waals surface area contributed by atoms with E-state index >= 15 is 0 Å². The van der Waals surface area contributed by atoms with Crippen LogP contribution in [-0.4, -0.2) is 35.6 Å². The Bertz CT molecular complexity index is 457. The molecular formula is C14H17F3N2O. The SMILES string of the molecule is NC(Cc1ccccc1)C(=O)N(CC(F)(F)F)C1CC1. The van der Waals surface area contributed by atoms with Crippen molar-refractivity contribution in [3.8, 4) is 0 Å². The van der Waals surface area contributed by atoms with E-state index in [0.717, 1.165) is 10.5 Å². The van der Waals surface area contributed by atoms with Gasteiger partial charge in [-0.2, -0.15) is 13.2 Å². The first-order valence-electron chi connectivity index (χ1n) is 6.53. The van der Waals surface area contributed by atoms with Gasteiger partial charge in [-0.05, 0) is 24.8 Å². The molecule has 2 N–H and O–H groups in total. The minimum atomic E-state index is -4.38. The summed E-state index contributed by atoms with van der Waals surface area (Å²) in [5.74, 6) is -0.617. The predicted molar refractivity (Wildman–Crippen MR) is 68.9 cm³/mol. The monoisotopic (exact) mass is 286 g/mol. The minimum absolute atomic E-state index is 0.251. The molecule has 1 atom stereocenters. The number of hydrogen-bond acceptors (Lipinski definition) is 2. The summed E-state index contributed by atoms with van der Waals surface area (Å²) in [5, 5.41) is 0. The van der Waals surface area contributed by atoms with E-state index < -0.39 is 24.7 Å². The third-order valence-corrected chi connectivity index (χ3v) is 3.24. The zero-order valence-corrected chi connectivity index (χ0v) is 10.9. The molecule has 20 heavy (non-hydrogen) atoms. The van der Waals surface area contributed by atoms with Gasteiger partial charge in [0.1, 0.15) is 6.54 Å². The van der Waals surface area contributed by atoms with Crippen LogP contribution in [0.2, 0.25) is 0 Å². The maximum Gasteiger partial charge on any atom is 0.406 e. The highest BCUT2D eigenvalue weighted by molar-refractivity contribution is 5.82. The summed E-state index contributed by atoms with van der Waals surface area (Å²) in [7, 11) is 0. The standard InChI is InChI=1S/C14H17F3N2O/c15-14(16,17)9-19(11-6-7-11)13(20)12(18)8-10-4-2-1-3-5-10/h1-5,11-12H,6-9,18H2. The van der Waals surface area contributed by atoms with Gasteiger partial charge in [0.2, 0.25) is 5.91 Å². The highest BCUT2D eigenvalue weighted by atomic mass is 19.4. The maximum absolute atomic E-state index is 12.5. The number of carbonyl (C=O) groups excluding carboxylic acids is 1. The number of amides is 1. The summed E-state index contributed by atoms with van der Waals surface area (Å²) >= 11 is 0. The first kappa shape index (κ1) is 14.8. The predicted octanol–water partition coefficient (Wildman–Crippen LogP) is 2.11. The first-order chi connectivity index (χ1) is 9.37. The molecule has 2 rings (SSSR count). The zero-order chi connectivity index (χ0) is 14.8. The van der Waals surface area contributed by atoms with E-state index in [1.54, 1.807) is 24.3 Å². The lowest BCUT2D eigenvalue weighted by Crippen LogP contribution is -2.49. The van der Waals surface area contributed by atoms with Crippen molar-refractivity contribution in [2.45, 2.75) is 37.5 Å². The van der Waals surface area contributed by atoms with Crippen LogP contribution in [0.4, 0.5) is 13.2 Å². The van der Waals surface area contributed by atoms with Crippen molar-refractivity contribution in [1.82, 2.24) is 4.90 Å². The Kier molecular flexibility index (Phi) is 4.32. The minimum Gasteiger partial charge on any atom is -0.329 e. The van der Waals surface area contributed by atoms with Gasteiger partial charge in [-0.15, -0.1) is 0 Å². The number of nitrogens with two attached hydrogens (primary N) is 1. The van der Waals surface area contributed by atoms with Gasteiger partial charge in [0.05, 0.1) is 6.04 Å². The van der Waals surface area contributed by atoms with Gasteiger partial charge in [0.25, 0.3) is 0 Å². The van der Waals surface area contributed by atoms with Crippen LogP contribution in [0.1, 0.15) is 18.4 Å². The summed E-state index contributed by atoms with van der Waals surface area (Å²) in [5.41, 5.74) is 6.62. The second kappa shape index (κ2) is 5.83. The van der Waals surface area contributed by atoms with Crippen LogP contribution in [0.25, 0.3) is 0 Å². The van der Waals surface area contributed by atoms with Crippen molar-refractivity contribution in [1.29, 1.82) is 0 Å². The molecule has 0 heterocycles. The van der Waals surface area contributed by atoms with E-state index in [1.165, 1.54) is 0 Å². The molecule has 1 aliphatic rings. The quantitative estimate of drug-likeness (QED) is 0.901. The van der Waals surface area contributed by atoms with E-state index in [2.05, 4.69) is 0 Å². The largest absolute Gasteiger partial charge is 0.406 e. The molecule has 1 aliphatic carbocycles. The highest BCUT2D eigenvalue weighted by Crippen LogP contribution is 2.30. The van der Waals surface area contributed by atoms with Crippen molar-refractivity contribution >= 4 is 5.91 Å². The number of halogens is 3. The fourth-order valence-electron chi connectivity index (χ4n) is 2.13. The van der Waals surface area contributed by atoms with Crippen LogP contribution in [0, 0.1) is 0 Å². The molecule has 1 amide bonds. The molecule has 0 radical (unpaired) electrons. The fraction of sp³-hybridized carbons (Fsp3) is 0.500. The molecule has 6 heteroatoms. The highest BCUT2D eigenvalue weighted by Gasteiger charge is 2.41. The zero-order valence-electron chi connectivity index (χ0n) is 10.9. The van der Waals surface area contributed by atoms with Crippen molar-refractivity contribution in [2.75, 3.05) is 6.54 Å². The average molecular weight is 286 g/mol. The summed E-state index contributed by atoms with van der Waals surface area (Å²) < 4.78 is 37.5. The Morgan fingerprint density at radius 3 is 2.40 bits per heavy atom. The van der Waals surface area contributed by atoms with E-state index in [4.69, 9.17) is 5.73 Å². The van der Waals surface area contributed by atoms with E-state index in [1.807, 2.05) is 6.07 Å².